The summed E-state index contributed by atoms with van der Waals surface area (Å²) in [5, 5.41) is 20.1. The number of ether oxygens (including phenoxy) is 1. The Hall–Kier alpha value is -3.47. The predicted octanol–water partition coefficient (Wildman–Crippen LogP) is 6.87. The molecule has 0 radical (unpaired) electrons. The van der Waals surface area contributed by atoms with Crippen LogP contribution in [-0.4, -0.2) is 56.8 Å². The summed E-state index contributed by atoms with van der Waals surface area (Å²) in [5.41, 5.74) is 2.01. The van der Waals surface area contributed by atoms with Crippen molar-refractivity contribution < 1.29 is 29.0 Å². The van der Waals surface area contributed by atoms with Gasteiger partial charge >= 0.3 is 5.97 Å². The van der Waals surface area contributed by atoms with Crippen molar-refractivity contribution in [3.8, 4) is 11.8 Å². The van der Waals surface area contributed by atoms with E-state index in [0.717, 1.165) is 23.1 Å². The van der Waals surface area contributed by atoms with Gasteiger partial charge in [-0.05, 0) is 60.6 Å². The molecule has 2 N–H and O–H groups in total. The number of hydrogen-bond donors (Lipinski definition) is 2. The lowest BCUT2D eigenvalue weighted by molar-refractivity contribution is -0.171. The van der Waals surface area contributed by atoms with Gasteiger partial charge in [0.1, 0.15) is 5.37 Å². The van der Waals surface area contributed by atoms with E-state index in [1.807, 2.05) is 67.6 Å². The Bertz CT molecular complexity index is 1390. The van der Waals surface area contributed by atoms with Crippen molar-refractivity contribution in [2.24, 2.45) is 5.92 Å². The normalized spacial score (nSPS) is 18.7. The molecule has 0 saturated carbocycles. The molecule has 0 bridgehead atoms. The molecule has 0 spiro atoms. The van der Waals surface area contributed by atoms with Crippen LogP contribution in [0.3, 0.4) is 0 Å². The number of β-lactam (4-membered cyclic amide) rings is 1. The molecule has 8 nitrogen and oxygen atoms in total. The third-order valence-corrected chi connectivity index (χ3v) is 14.2. The second-order valence-electron chi connectivity index (χ2n) is 12.6. The van der Waals surface area contributed by atoms with Gasteiger partial charge in [0.05, 0.1) is 12.0 Å². The molecule has 1 amide bonds. The van der Waals surface area contributed by atoms with Crippen LogP contribution in [0.15, 0.2) is 84.9 Å². The topological polar surface area (TPSA) is 101 Å². The number of carbonyl (C=O) groups is 2. The van der Waals surface area contributed by atoms with Gasteiger partial charge in [0, 0.05) is 12.1 Å². The van der Waals surface area contributed by atoms with Crippen molar-refractivity contribution in [3.63, 3.8) is 0 Å². The van der Waals surface area contributed by atoms with Crippen LogP contribution < -0.4 is 0 Å². The highest BCUT2D eigenvalue weighted by molar-refractivity contribution is 7.98. The molecule has 2 heterocycles. The van der Waals surface area contributed by atoms with E-state index in [2.05, 4.69) is 40.4 Å². The molecular weight excluding hydrogens is 581 g/mol. The lowest BCUT2D eigenvalue weighted by Gasteiger charge is -2.52. The first-order chi connectivity index (χ1) is 20.1. The van der Waals surface area contributed by atoms with Crippen LogP contribution in [-0.2, 0) is 18.8 Å². The Balaban J connectivity index is 1.69. The summed E-state index contributed by atoms with van der Waals surface area (Å²) in [6.45, 7) is 18.3. The van der Waals surface area contributed by atoms with E-state index >= 15 is 0 Å². The maximum absolute atomic E-state index is 14.0. The number of rotatable bonds is 11. The van der Waals surface area contributed by atoms with E-state index in [9.17, 15) is 19.8 Å². The molecule has 1 aliphatic rings. The summed E-state index contributed by atoms with van der Waals surface area (Å²) >= 11 is 1.06. The fraction of sp³-hybridized carbons (Fsp3) is 0.394. The van der Waals surface area contributed by atoms with E-state index in [4.69, 9.17) is 9.16 Å². The fourth-order valence-corrected chi connectivity index (χ4v) is 7.76. The molecule has 230 valence electrons. The van der Waals surface area contributed by atoms with Crippen molar-refractivity contribution in [2.45, 2.75) is 76.4 Å². The third-order valence-electron chi connectivity index (χ3n) is 8.33. The Labute approximate surface area is 259 Å². The highest BCUT2D eigenvalue weighted by Crippen LogP contribution is 2.47. The SMILES string of the molecule is C=C(C)C(C(=O)OC(c1ccccc1)c1ccccc1)N1C(=O)[C@H]([C@@H](C)O[Si](C)(C)C(C)(C)C)[C@H]1Sn1c(O)ccc1O. The van der Waals surface area contributed by atoms with Gasteiger partial charge in [-0.3, -0.25) is 4.79 Å². The molecule has 1 unspecified atom stereocenters. The lowest BCUT2D eigenvalue weighted by atomic mass is 9.89. The van der Waals surface area contributed by atoms with Crippen LogP contribution >= 0.6 is 11.9 Å². The monoisotopic (exact) mass is 622 g/mol. The molecule has 4 atom stereocenters. The number of hydrogen-bond acceptors (Lipinski definition) is 7. The number of carbonyl (C=O) groups excluding carboxylic acids is 2. The maximum Gasteiger partial charge on any atom is 0.334 e. The zero-order chi connectivity index (χ0) is 31.7. The number of aromatic hydroxyl groups is 2. The molecule has 0 aliphatic carbocycles. The summed E-state index contributed by atoms with van der Waals surface area (Å²) < 4.78 is 14.0. The zero-order valence-corrected chi connectivity index (χ0v) is 27.7. The molecule has 4 rings (SSSR count). The van der Waals surface area contributed by atoms with Gasteiger partial charge in [0.2, 0.25) is 17.7 Å². The van der Waals surface area contributed by atoms with Gasteiger partial charge in [-0.2, -0.15) is 0 Å². The molecule has 1 saturated heterocycles. The third kappa shape index (κ3) is 6.71. The van der Waals surface area contributed by atoms with Crippen LogP contribution in [0.2, 0.25) is 18.1 Å². The number of likely N-dealkylation sites (tertiary alicyclic amines) is 1. The maximum atomic E-state index is 14.0. The molecular formula is C33H42N2O6SSi. The van der Waals surface area contributed by atoms with Crippen molar-refractivity contribution in [2.75, 3.05) is 0 Å². The lowest BCUT2D eigenvalue weighted by Crippen LogP contribution is -2.69. The minimum atomic E-state index is -2.26. The van der Waals surface area contributed by atoms with Gasteiger partial charge in [-0.25, -0.2) is 8.77 Å². The zero-order valence-electron chi connectivity index (χ0n) is 25.9. The van der Waals surface area contributed by atoms with Crippen LogP contribution in [0.25, 0.3) is 0 Å². The highest BCUT2D eigenvalue weighted by atomic mass is 32.2. The molecule has 1 aliphatic heterocycles. The molecule has 3 aromatic rings. The largest absolute Gasteiger partial charge is 0.494 e. The second-order valence-corrected chi connectivity index (χ2v) is 18.4. The summed E-state index contributed by atoms with van der Waals surface area (Å²) in [5.74, 6) is -1.91. The molecule has 43 heavy (non-hydrogen) atoms. The van der Waals surface area contributed by atoms with E-state index in [0.29, 0.717) is 5.57 Å². The van der Waals surface area contributed by atoms with Crippen molar-refractivity contribution in [1.29, 1.82) is 0 Å². The van der Waals surface area contributed by atoms with Crippen LogP contribution in [0.4, 0.5) is 0 Å². The van der Waals surface area contributed by atoms with Crippen molar-refractivity contribution in [1.82, 2.24) is 8.87 Å². The first-order valence-electron chi connectivity index (χ1n) is 14.4. The van der Waals surface area contributed by atoms with E-state index in [-0.39, 0.29) is 22.7 Å². The fourth-order valence-electron chi connectivity index (χ4n) is 4.98. The van der Waals surface area contributed by atoms with Crippen LogP contribution in [0.1, 0.15) is 51.8 Å². The van der Waals surface area contributed by atoms with E-state index in [1.165, 1.54) is 21.0 Å². The quantitative estimate of drug-likeness (QED) is 0.104. The molecule has 2 aromatic carbocycles. The minimum absolute atomic E-state index is 0.0821. The van der Waals surface area contributed by atoms with E-state index in [1.54, 1.807) is 6.92 Å². The van der Waals surface area contributed by atoms with Crippen molar-refractivity contribution >= 4 is 32.1 Å². The molecule has 1 aromatic heterocycles. The Morgan fingerprint density at radius 2 is 1.44 bits per heavy atom. The highest BCUT2D eigenvalue weighted by Gasteiger charge is 2.57. The van der Waals surface area contributed by atoms with E-state index < -0.39 is 43.8 Å². The molecule has 10 heteroatoms. The summed E-state index contributed by atoms with van der Waals surface area (Å²) in [4.78, 5) is 29.5. The number of nitrogens with zero attached hydrogens (tertiary/aromatic N) is 2. The second kappa shape index (κ2) is 12.6. The summed E-state index contributed by atoms with van der Waals surface area (Å²) in [6.07, 6.45) is -1.18. The summed E-state index contributed by atoms with van der Waals surface area (Å²) in [7, 11) is -2.26. The number of benzene rings is 2. The predicted molar refractivity (Wildman–Crippen MR) is 172 cm³/mol. The van der Waals surface area contributed by atoms with Crippen molar-refractivity contribution in [3.05, 3.63) is 96.1 Å². The van der Waals surface area contributed by atoms with Gasteiger partial charge in [-0.15, -0.1) is 0 Å². The standard InChI is InChI=1S/C33H42N2O6SSi/c1-21(2)28(32(39)40-29(23-15-11-9-12-16-23)24-17-13-10-14-18-24)34-30(38)27(22(3)41-43(7,8)33(4,5)6)31(34)42-35-25(36)19-20-26(35)37/h9-20,22,27-29,31,36-37H,1H2,2-8H3/t22-,27+,28?,31-/m1/s1. The van der Waals surface area contributed by atoms with Crippen LogP contribution in [0.5, 0.6) is 11.8 Å². The number of amides is 1. The number of esters is 1. The Morgan fingerprint density at radius 3 is 1.88 bits per heavy atom. The van der Waals surface area contributed by atoms with Gasteiger partial charge in [0.15, 0.2) is 20.5 Å². The first-order valence-corrected chi connectivity index (χ1v) is 18.1. The average Bonchev–Trinajstić information content (AvgIpc) is 3.26. The average molecular weight is 623 g/mol. The van der Waals surface area contributed by atoms with Gasteiger partial charge in [-0.1, -0.05) is 88.0 Å². The number of aromatic nitrogens is 1. The minimum Gasteiger partial charge on any atom is -0.494 e. The smallest absolute Gasteiger partial charge is 0.334 e. The Morgan fingerprint density at radius 1 is 0.953 bits per heavy atom. The summed E-state index contributed by atoms with van der Waals surface area (Å²) in [6, 6.07) is 20.5. The first kappa shape index (κ1) is 32.4. The van der Waals surface area contributed by atoms with Gasteiger partial charge in [0.25, 0.3) is 0 Å². The Kier molecular flexibility index (Phi) is 9.53. The van der Waals surface area contributed by atoms with Crippen LogP contribution in [0, 0.1) is 5.92 Å². The van der Waals surface area contributed by atoms with Gasteiger partial charge < -0.3 is 24.3 Å². The molecule has 1 fully saturated rings.